The summed E-state index contributed by atoms with van der Waals surface area (Å²) in [6, 6.07) is 0. The molecule has 0 heterocycles. The van der Waals surface area contributed by atoms with E-state index in [9.17, 15) is 0 Å². The van der Waals surface area contributed by atoms with Crippen LogP contribution in [0.25, 0.3) is 0 Å². The van der Waals surface area contributed by atoms with Crippen molar-refractivity contribution in [2.75, 3.05) is 0 Å². The van der Waals surface area contributed by atoms with Crippen LogP contribution in [0.3, 0.4) is 0 Å². The van der Waals surface area contributed by atoms with Gasteiger partial charge in [-0.05, 0) is 48.9 Å². The Labute approximate surface area is 95.8 Å². The van der Waals surface area contributed by atoms with E-state index in [0.29, 0.717) is 0 Å². The van der Waals surface area contributed by atoms with Gasteiger partial charge in [0.25, 0.3) is 0 Å². The van der Waals surface area contributed by atoms with Gasteiger partial charge in [-0.3, -0.25) is 0 Å². The van der Waals surface area contributed by atoms with E-state index in [0.717, 1.165) is 29.6 Å². The highest BCUT2D eigenvalue weighted by atomic mass is 14.4. The van der Waals surface area contributed by atoms with Crippen molar-refractivity contribution in [2.24, 2.45) is 29.6 Å². The van der Waals surface area contributed by atoms with Gasteiger partial charge in [0.1, 0.15) is 0 Å². The molecule has 0 saturated heterocycles. The second-order valence-electron chi connectivity index (χ2n) is 6.29. The molecule has 1 unspecified atom stereocenters. The van der Waals surface area contributed by atoms with Crippen molar-refractivity contribution in [3.05, 3.63) is 0 Å². The summed E-state index contributed by atoms with van der Waals surface area (Å²) in [5, 5.41) is 0. The van der Waals surface area contributed by atoms with Crippen LogP contribution in [0.4, 0.5) is 0 Å². The van der Waals surface area contributed by atoms with E-state index < -0.39 is 0 Å². The Morgan fingerprint density at radius 1 is 1.07 bits per heavy atom. The van der Waals surface area contributed by atoms with Crippen LogP contribution in [0.15, 0.2) is 0 Å². The van der Waals surface area contributed by atoms with Crippen LogP contribution in [-0.2, 0) is 0 Å². The summed E-state index contributed by atoms with van der Waals surface area (Å²) in [5.74, 6) is 5.23. The van der Waals surface area contributed by atoms with Crippen LogP contribution >= 0.6 is 0 Å². The third-order valence-electron chi connectivity index (χ3n) is 5.50. The summed E-state index contributed by atoms with van der Waals surface area (Å²) < 4.78 is 0. The van der Waals surface area contributed by atoms with E-state index in [4.69, 9.17) is 0 Å². The van der Waals surface area contributed by atoms with Gasteiger partial charge in [0, 0.05) is 0 Å². The number of hydrogen-bond donors (Lipinski definition) is 0. The van der Waals surface area contributed by atoms with Gasteiger partial charge in [-0.15, -0.1) is 0 Å². The molecule has 0 nitrogen and oxygen atoms in total. The fraction of sp³-hybridized carbons (Fsp3) is 1.00. The Morgan fingerprint density at radius 2 is 1.87 bits per heavy atom. The highest BCUT2D eigenvalue weighted by Crippen LogP contribution is 2.47. The zero-order valence-corrected chi connectivity index (χ0v) is 10.8. The van der Waals surface area contributed by atoms with E-state index in [1.165, 1.54) is 38.5 Å². The van der Waals surface area contributed by atoms with Gasteiger partial charge in [-0.2, -0.15) is 0 Å². The first-order valence-corrected chi connectivity index (χ1v) is 7.22. The predicted octanol–water partition coefficient (Wildman–Crippen LogP) is 4.89. The van der Waals surface area contributed by atoms with E-state index >= 15 is 0 Å². The molecule has 2 aliphatic carbocycles. The van der Waals surface area contributed by atoms with Crippen LogP contribution in [0, 0.1) is 29.6 Å². The van der Waals surface area contributed by atoms with E-state index in [2.05, 4.69) is 20.8 Å². The van der Waals surface area contributed by atoms with Crippen LogP contribution in [0.2, 0.25) is 0 Å². The molecule has 2 saturated carbocycles. The van der Waals surface area contributed by atoms with Gasteiger partial charge in [0.15, 0.2) is 0 Å². The minimum absolute atomic E-state index is 0.976. The lowest BCUT2D eigenvalue weighted by molar-refractivity contribution is 0.114. The summed E-state index contributed by atoms with van der Waals surface area (Å²) in [6.07, 6.45) is 10.6. The van der Waals surface area contributed by atoms with E-state index in [1.807, 2.05) is 0 Å². The first-order valence-electron chi connectivity index (χ1n) is 7.22. The summed E-state index contributed by atoms with van der Waals surface area (Å²) in [7, 11) is 0. The Bertz CT molecular complexity index is 196. The minimum Gasteiger partial charge on any atom is -0.0651 e. The van der Waals surface area contributed by atoms with Gasteiger partial charge in [-0.1, -0.05) is 46.5 Å². The van der Waals surface area contributed by atoms with Gasteiger partial charge in [0.05, 0.1) is 0 Å². The molecule has 2 bridgehead atoms. The molecule has 0 aromatic rings. The highest BCUT2D eigenvalue weighted by molar-refractivity contribution is 4.87. The SMILES string of the molecule is CCC(C)[C@H]1CC[C@@H]2C[C@H]1CCC[C@@H]2C. The van der Waals surface area contributed by atoms with Crippen molar-refractivity contribution < 1.29 is 0 Å². The molecular formula is C15H28. The van der Waals surface area contributed by atoms with E-state index in [1.54, 1.807) is 6.42 Å². The van der Waals surface area contributed by atoms with E-state index in [-0.39, 0.29) is 0 Å². The summed E-state index contributed by atoms with van der Waals surface area (Å²) >= 11 is 0. The third kappa shape index (κ3) is 2.40. The van der Waals surface area contributed by atoms with Gasteiger partial charge in [-0.25, -0.2) is 0 Å². The highest BCUT2D eigenvalue weighted by Gasteiger charge is 2.36. The molecule has 15 heavy (non-hydrogen) atoms. The smallest absolute Gasteiger partial charge is 0.0360 e. The topological polar surface area (TPSA) is 0 Å². The maximum atomic E-state index is 2.50. The zero-order valence-electron chi connectivity index (χ0n) is 10.8. The fourth-order valence-electron chi connectivity index (χ4n) is 4.16. The number of hydrogen-bond acceptors (Lipinski definition) is 0. The largest absolute Gasteiger partial charge is 0.0651 e. The normalized spacial score (nSPS) is 43.4. The molecule has 5 atom stereocenters. The van der Waals surface area contributed by atoms with Crippen molar-refractivity contribution in [3.63, 3.8) is 0 Å². The van der Waals surface area contributed by atoms with Crippen molar-refractivity contribution in [3.8, 4) is 0 Å². The third-order valence-corrected chi connectivity index (χ3v) is 5.50. The molecule has 2 aliphatic rings. The Balaban J connectivity index is 2.02. The molecule has 0 radical (unpaired) electrons. The Morgan fingerprint density at radius 3 is 2.60 bits per heavy atom. The molecule has 0 heteroatoms. The summed E-state index contributed by atoms with van der Waals surface area (Å²) in [6.45, 7) is 7.35. The molecule has 2 rings (SSSR count). The van der Waals surface area contributed by atoms with Crippen LogP contribution in [-0.4, -0.2) is 0 Å². The molecule has 2 fully saturated rings. The van der Waals surface area contributed by atoms with Crippen LogP contribution in [0.5, 0.6) is 0 Å². The monoisotopic (exact) mass is 208 g/mol. The molecule has 0 aromatic heterocycles. The molecule has 0 amide bonds. The molecule has 0 N–H and O–H groups in total. The maximum absolute atomic E-state index is 2.50. The van der Waals surface area contributed by atoms with Crippen LogP contribution < -0.4 is 0 Å². The molecular weight excluding hydrogens is 180 g/mol. The second-order valence-corrected chi connectivity index (χ2v) is 6.29. The standard InChI is InChI=1S/C15H28/c1-4-11(2)15-9-8-13-10-14(15)7-5-6-12(13)3/h11-15H,4-10H2,1-3H3/t11?,12-,13+,14+,15+/m0/s1. The van der Waals surface area contributed by atoms with Crippen molar-refractivity contribution in [2.45, 2.75) is 65.7 Å². The first-order chi connectivity index (χ1) is 7.22. The summed E-state index contributed by atoms with van der Waals surface area (Å²) in [5.41, 5.74) is 0. The zero-order chi connectivity index (χ0) is 10.8. The quantitative estimate of drug-likeness (QED) is 0.606. The average Bonchev–Trinajstić information content (AvgIpc) is 2.40. The Kier molecular flexibility index (Phi) is 3.74. The lowest BCUT2D eigenvalue weighted by Crippen LogP contribution is -2.29. The molecule has 0 spiro atoms. The lowest BCUT2D eigenvalue weighted by Gasteiger charge is -2.39. The number of fused-ring (bicyclic) bond motifs is 2. The average molecular weight is 208 g/mol. The Hall–Kier alpha value is 0. The second kappa shape index (κ2) is 4.89. The van der Waals surface area contributed by atoms with Gasteiger partial charge < -0.3 is 0 Å². The van der Waals surface area contributed by atoms with Crippen molar-refractivity contribution in [1.29, 1.82) is 0 Å². The van der Waals surface area contributed by atoms with Crippen LogP contribution in [0.1, 0.15) is 65.7 Å². The molecule has 0 aromatic carbocycles. The van der Waals surface area contributed by atoms with Gasteiger partial charge >= 0.3 is 0 Å². The minimum atomic E-state index is 0.976. The van der Waals surface area contributed by atoms with Crippen molar-refractivity contribution in [1.82, 2.24) is 0 Å². The number of rotatable bonds is 2. The summed E-state index contributed by atoms with van der Waals surface area (Å²) in [4.78, 5) is 0. The molecule has 88 valence electrons. The van der Waals surface area contributed by atoms with Crippen molar-refractivity contribution >= 4 is 0 Å². The lowest BCUT2D eigenvalue weighted by atomic mass is 9.67. The van der Waals surface area contributed by atoms with Gasteiger partial charge in [0.2, 0.25) is 0 Å². The fourth-order valence-corrected chi connectivity index (χ4v) is 4.16. The first kappa shape index (κ1) is 11.5. The maximum Gasteiger partial charge on any atom is -0.0360 e. The molecule has 0 aliphatic heterocycles. The predicted molar refractivity (Wildman–Crippen MR) is 66.8 cm³/mol.